The molecule has 0 N–H and O–H groups in total. The number of nitrogens with zero attached hydrogens (tertiary/aromatic N) is 4. The van der Waals surface area contributed by atoms with Crippen LogP contribution in [-0.4, -0.2) is 34.4 Å². The zero-order chi connectivity index (χ0) is 18.4. The Morgan fingerprint density at radius 2 is 1.22 bits per heavy atom. The first kappa shape index (κ1) is 16.2. The van der Waals surface area contributed by atoms with Crippen molar-refractivity contribution >= 4 is 43.1 Å². The van der Waals surface area contributed by atoms with E-state index in [1.807, 2.05) is 36.4 Å². The molecule has 9 heteroatoms. The zero-order valence-electron chi connectivity index (χ0n) is 14.3. The monoisotopic (exact) mass is 396 g/mol. The van der Waals surface area contributed by atoms with Crippen molar-refractivity contribution in [1.29, 1.82) is 0 Å². The van der Waals surface area contributed by atoms with Gasteiger partial charge in [0.1, 0.15) is 11.5 Å². The summed E-state index contributed by atoms with van der Waals surface area (Å²) >= 11 is 2.95. The number of fused-ring (bicyclic) bond motifs is 2. The SMILES string of the molecule is COc1ccc2nc(-c3nnc(-c4nc5ccc(OC)cc5s4)o3)sc2c1. The van der Waals surface area contributed by atoms with E-state index >= 15 is 0 Å². The molecule has 134 valence electrons. The Morgan fingerprint density at radius 3 is 1.67 bits per heavy atom. The Hall–Kier alpha value is -3.04. The highest BCUT2D eigenvalue weighted by atomic mass is 32.1. The fraction of sp³-hybridized carbons (Fsp3) is 0.111. The van der Waals surface area contributed by atoms with E-state index in [0.29, 0.717) is 21.8 Å². The van der Waals surface area contributed by atoms with Gasteiger partial charge in [-0.25, -0.2) is 9.97 Å². The van der Waals surface area contributed by atoms with Gasteiger partial charge in [0.25, 0.3) is 11.8 Å². The van der Waals surface area contributed by atoms with Gasteiger partial charge in [0.05, 0.1) is 34.7 Å². The van der Waals surface area contributed by atoms with E-state index in [-0.39, 0.29) is 0 Å². The van der Waals surface area contributed by atoms with E-state index < -0.39 is 0 Å². The molecule has 0 bridgehead atoms. The predicted octanol–water partition coefficient (Wildman–Crippen LogP) is 4.64. The summed E-state index contributed by atoms with van der Waals surface area (Å²) in [6, 6.07) is 11.4. The van der Waals surface area contributed by atoms with Crippen molar-refractivity contribution < 1.29 is 13.9 Å². The minimum Gasteiger partial charge on any atom is -0.497 e. The molecule has 5 aromatic rings. The fourth-order valence-corrected chi connectivity index (χ4v) is 4.47. The predicted molar refractivity (Wildman–Crippen MR) is 105 cm³/mol. The van der Waals surface area contributed by atoms with Gasteiger partial charge in [-0.2, -0.15) is 0 Å². The highest BCUT2D eigenvalue weighted by Crippen LogP contribution is 2.35. The maximum absolute atomic E-state index is 5.84. The topological polar surface area (TPSA) is 83.2 Å². The summed E-state index contributed by atoms with van der Waals surface area (Å²) in [5.41, 5.74) is 1.73. The number of hydrogen-bond acceptors (Lipinski definition) is 9. The average Bonchev–Trinajstić information content (AvgIpc) is 3.43. The van der Waals surface area contributed by atoms with Crippen molar-refractivity contribution in [3.05, 3.63) is 36.4 Å². The first-order valence-electron chi connectivity index (χ1n) is 7.97. The van der Waals surface area contributed by atoms with Crippen LogP contribution in [0, 0.1) is 0 Å². The largest absolute Gasteiger partial charge is 0.497 e. The molecule has 0 fully saturated rings. The molecule has 3 heterocycles. The van der Waals surface area contributed by atoms with E-state index in [1.54, 1.807) is 14.2 Å². The molecule has 2 aromatic carbocycles. The van der Waals surface area contributed by atoms with Crippen molar-refractivity contribution in [3.8, 4) is 33.3 Å². The van der Waals surface area contributed by atoms with Crippen molar-refractivity contribution in [1.82, 2.24) is 20.2 Å². The highest BCUT2D eigenvalue weighted by Gasteiger charge is 2.18. The molecule has 27 heavy (non-hydrogen) atoms. The Kier molecular flexibility index (Phi) is 3.76. The van der Waals surface area contributed by atoms with Crippen LogP contribution in [0.2, 0.25) is 0 Å². The number of aromatic nitrogens is 4. The van der Waals surface area contributed by atoms with Gasteiger partial charge in [0, 0.05) is 0 Å². The van der Waals surface area contributed by atoms with Gasteiger partial charge in [-0.1, -0.05) is 0 Å². The molecule has 0 unspecified atom stereocenters. The second-order valence-electron chi connectivity index (χ2n) is 5.62. The summed E-state index contributed by atoms with van der Waals surface area (Å²) in [5.74, 6) is 2.33. The summed E-state index contributed by atoms with van der Waals surface area (Å²) in [5, 5.41) is 9.63. The first-order valence-corrected chi connectivity index (χ1v) is 9.60. The molecule has 3 aromatic heterocycles. The van der Waals surface area contributed by atoms with Crippen LogP contribution < -0.4 is 9.47 Å². The molecule has 7 nitrogen and oxygen atoms in total. The van der Waals surface area contributed by atoms with Crippen LogP contribution in [0.3, 0.4) is 0 Å². The van der Waals surface area contributed by atoms with Gasteiger partial charge >= 0.3 is 0 Å². The van der Waals surface area contributed by atoms with Crippen LogP contribution in [0.1, 0.15) is 0 Å². The van der Waals surface area contributed by atoms with Crippen LogP contribution in [-0.2, 0) is 0 Å². The third-order valence-electron chi connectivity index (χ3n) is 3.98. The Labute approximate surface area is 161 Å². The Balaban J connectivity index is 1.52. The van der Waals surface area contributed by atoms with Gasteiger partial charge in [-0.3, -0.25) is 0 Å². The molecule has 0 aliphatic carbocycles. The summed E-state index contributed by atoms with van der Waals surface area (Å²) in [4.78, 5) is 9.13. The van der Waals surface area contributed by atoms with Gasteiger partial charge in [-0.05, 0) is 36.4 Å². The van der Waals surface area contributed by atoms with Crippen molar-refractivity contribution in [2.45, 2.75) is 0 Å². The van der Waals surface area contributed by atoms with Gasteiger partial charge in [-0.15, -0.1) is 32.9 Å². The zero-order valence-corrected chi connectivity index (χ0v) is 15.9. The first-order chi connectivity index (χ1) is 13.2. The highest BCUT2D eigenvalue weighted by molar-refractivity contribution is 7.22. The lowest BCUT2D eigenvalue weighted by molar-refractivity contribution is 0.415. The van der Waals surface area contributed by atoms with Gasteiger partial charge in [0.2, 0.25) is 0 Å². The van der Waals surface area contributed by atoms with E-state index in [9.17, 15) is 0 Å². The number of hydrogen-bond donors (Lipinski definition) is 0. The second kappa shape index (κ2) is 6.29. The van der Waals surface area contributed by atoms with Crippen LogP contribution in [0.5, 0.6) is 11.5 Å². The standard InChI is InChI=1S/C18H12N4O3S2/c1-23-9-3-5-11-13(7-9)26-17(19-11)15-21-22-16(25-15)18-20-12-6-4-10(24-2)8-14(12)27-18/h3-8H,1-2H3. The number of ether oxygens (including phenoxy) is 2. The average molecular weight is 396 g/mol. The maximum Gasteiger partial charge on any atom is 0.277 e. The molecular weight excluding hydrogens is 384 g/mol. The minimum absolute atomic E-state index is 0.377. The number of thiazole rings is 2. The summed E-state index contributed by atoms with van der Waals surface area (Å²) < 4.78 is 18.3. The fourth-order valence-electron chi connectivity index (χ4n) is 2.64. The second-order valence-corrected chi connectivity index (χ2v) is 7.68. The number of rotatable bonds is 4. The number of methoxy groups -OCH3 is 2. The lowest BCUT2D eigenvalue weighted by Gasteiger charge is -1.96. The quantitative estimate of drug-likeness (QED) is 0.437. The van der Waals surface area contributed by atoms with E-state index in [2.05, 4.69) is 20.2 Å². The third-order valence-corrected chi connectivity index (χ3v) is 5.99. The smallest absolute Gasteiger partial charge is 0.277 e. The molecule has 0 saturated carbocycles. The van der Waals surface area contributed by atoms with Crippen LogP contribution in [0.25, 0.3) is 42.2 Å². The molecule has 0 spiro atoms. The van der Waals surface area contributed by atoms with Gasteiger partial charge in [0.15, 0.2) is 10.0 Å². The van der Waals surface area contributed by atoms with Crippen LogP contribution in [0.4, 0.5) is 0 Å². The number of benzene rings is 2. The molecule has 0 aliphatic heterocycles. The Morgan fingerprint density at radius 1 is 0.741 bits per heavy atom. The third kappa shape index (κ3) is 2.81. The summed E-state index contributed by atoms with van der Waals surface area (Å²) in [6.07, 6.45) is 0. The lowest BCUT2D eigenvalue weighted by atomic mass is 10.3. The van der Waals surface area contributed by atoms with Crippen LogP contribution in [0.15, 0.2) is 40.8 Å². The van der Waals surface area contributed by atoms with E-state index in [1.165, 1.54) is 22.7 Å². The van der Waals surface area contributed by atoms with Crippen molar-refractivity contribution in [2.75, 3.05) is 14.2 Å². The molecule has 0 saturated heterocycles. The van der Waals surface area contributed by atoms with Gasteiger partial charge < -0.3 is 13.9 Å². The molecular formula is C18H12N4O3S2. The summed E-state index contributed by atoms with van der Waals surface area (Å²) in [6.45, 7) is 0. The molecule has 0 amide bonds. The molecule has 0 atom stereocenters. The van der Waals surface area contributed by atoms with E-state index in [0.717, 1.165) is 31.9 Å². The maximum atomic E-state index is 5.84. The minimum atomic E-state index is 0.377. The Bertz CT molecular complexity index is 1180. The normalized spacial score (nSPS) is 11.3. The molecule has 0 aliphatic rings. The summed E-state index contributed by atoms with van der Waals surface area (Å²) in [7, 11) is 3.28. The lowest BCUT2D eigenvalue weighted by Crippen LogP contribution is -1.80. The van der Waals surface area contributed by atoms with Crippen molar-refractivity contribution in [2.24, 2.45) is 0 Å². The molecule has 0 radical (unpaired) electrons. The van der Waals surface area contributed by atoms with E-state index in [4.69, 9.17) is 13.9 Å². The molecule has 5 rings (SSSR count). The van der Waals surface area contributed by atoms with Crippen LogP contribution >= 0.6 is 22.7 Å². The van der Waals surface area contributed by atoms with Crippen molar-refractivity contribution in [3.63, 3.8) is 0 Å².